The maximum Gasteiger partial charge on any atom is 0.263 e. The van der Waals surface area contributed by atoms with Crippen molar-refractivity contribution in [2.24, 2.45) is 5.14 Å². The zero-order valence-electron chi connectivity index (χ0n) is 33.0. The van der Waals surface area contributed by atoms with E-state index in [1.807, 2.05) is 64.0 Å². The highest BCUT2D eigenvalue weighted by Crippen LogP contribution is 2.41. The van der Waals surface area contributed by atoms with Crippen LogP contribution in [0.4, 0.5) is 0 Å². The quantitative estimate of drug-likeness (QED) is 0.138. The van der Waals surface area contributed by atoms with Gasteiger partial charge in [0, 0.05) is 51.4 Å². The van der Waals surface area contributed by atoms with Crippen molar-refractivity contribution in [1.29, 1.82) is 0 Å². The van der Waals surface area contributed by atoms with Crippen molar-refractivity contribution in [3.8, 4) is 11.5 Å². The number of aromatic nitrogens is 4. The summed E-state index contributed by atoms with van der Waals surface area (Å²) < 4.78 is 67.3. The summed E-state index contributed by atoms with van der Waals surface area (Å²) in [6.45, 7) is 9.03. The molecule has 4 fully saturated rings. The summed E-state index contributed by atoms with van der Waals surface area (Å²) in [5, 5.41) is 14.3. The molecule has 0 radical (unpaired) electrons. The number of ether oxygens (including phenoxy) is 2. The molecule has 16 heteroatoms. The minimum atomic E-state index is -3.87. The molecule has 4 aliphatic rings. The minimum Gasteiger partial charge on any atom is -0.497 e. The molecule has 2 aliphatic carbocycles. The number of nitrogens with zero attached hydrogens (tertiary/aromatic N) is 7. The number of sulfonamides is 2. The Hall–Kier alpha value is -3.80. The summed E-state index contributed by atoms with van der Waals surface area (Å²) in [6.07, 6.45) is 8.55. The van der Waals surface area contributed by atoms with Crippen LogP contribution in [0.5, 0.6) is 11.5 Å². The van der Waals surface area contributed by atoms with Gasteiger partial charge in [0.2, 0.25) is 0 Å². The van der Waals surface area contributed by atoms with Gasteiger partial charge in [0.15, 0.2) is 10.1 Å². The molecular weight excluding hydrogens is 753 g/mol. The lowest BCUT2D eigenvalue weighted by Crippen LogP contribution is -2.40. The number of rotatable bonds is 17. The summed E-state index contributed by atoms with van der Waals surface area (Å²) in [5.41, 5.74) is 3.80. The summed E-state index contributed by atoms with van der Waals surface area (Å²) >= 11 is 0. The zero-order valence-corrected chi connectivity index (χ0v) is 34.6. The molecule has 56 heavy (non-hydrogen) atoms. The van der Waals surface area contributed by atoms with Gasteiger partial charge in [-0.05, 0) is 86.8 Å². The van der Waals surface area contributed by atoms with Crippen molar-refractivity contribution in [1.82, 2.24) is 33.7 Å². The standard InChI is InChI=1S/C28H36N4O4S.C12H20N4O2S/c1-4-26(30-16-5-17-30)27-18-28(29-32(27)23-10-11-23)37(33,34)31(19-21-6-12-24(35-2)13-7-21)20-22-8-14-25(36-3)15-9-22;1-2-10(15-6-3-7-15)11-8-12(19(13,17)18)14-16(11)9-4-5-9/h6-9,12-15,18,23,26H,4-5,10-11,16-17,19-20H2,1-3H3;8-10H,2-7H2,1H3,(H2,13,17,18). The Morgan fingerprint density at radius 2 is 1.07 bits per heavy atom. The lowest BCUT2D eigenvalue weighted by Gasteiger charge is -2.38. The van der Waals surface area contributed by atoms with Crippen molar-refractivity contribution in [2.75, 3.05) is 40.4 Å². The summed E-state index contributed by atoms with van der Waals surface area (Å²) in [5.74, 6) is 1.47. The maximum atomic E-state index is 14.1. The van der Waals surface area contributed by atoms with Crippen LogP contribution in [0.2, 0.25) is 0 Å². The van der Waals surface area contributed by atoms with Crippen LogP contribution in [0, 0.1) is 0 Å². The Kier molecular flexibility index (Phi) is 12.2. The Morgan fingerprint density at radius 3 is 1.39 bits per heavy atom. The molecule has 0 amide bonds. The monoisotopic (exact) mass is 808 g/mol. The fraction of sp³-hybridized carbons (Fsp3) is 0.550. The Balaban J connectivity index is 0.000000211. The van der Waals surface area contributed by atoms with Gasteiger partial charge in [-0.3, -0.25) is 19.2 Å². The topological polar surface area (TPSA) is 158 Å². The first-order valence-corrected chi connectivity index (χ1v) is 22.9. The van der Waals surface area contributed by atoms with E-state index in [-0.39, 0.29) is 35.2 Å². The molecule has 0 spiro atoms. The minimum absolute atomic E-state index is 0.00775. The molecule has 2 saturated carbocycles. The van der Waals surface area contributed by atoms with Crippen LogP contribution in [-0.4, -0.2) is 90.9 Å². The van der Waals surface area contributed by atoms with E-state index in [2.05, 4.69) is 28.7 Å². The van der Waals surface area contributed by atoms with Gasteiger partial charge >= 0.3 is 0 Å². The molecule has 2 unspecified atom stereocenters. The predicted octanol–water partition coefficient (Wildman–Crippen LogP) is 5.81. The molecule has 2 N–H and O–H groups in total. The van der Waals surface area contributed by atoms with E-state index in [0.717, 1.165) is 98.7 Å². The van der Waals surface area contributed by atoms with E-state index in [1.165, 1.54) is 17.1 Å². The van der Waals surface area contributed by atoms with Gasteiger partial charge in [0.25, 0.3) is 20.0 Å². The third kappa shape index (κ3) is 9.00. The molecule has 2 aliphatic heterocycles. The highest BCUT2D eigenvalue weighted by Gasteiger charge is 2.37. The molecule has 8 rings (SSSR count). The summed E-state index contributed by atoms with van der Waals surface area (Å²) in [6, 6.07) is 19.6. The van der Waals surface area contributed by atoms with E-state index < -0.39 is 20.0 Å². The van der Waals surface area contributed by atoms with Crippen LogP contribution in [0.15, 0.2) is 70.7 Å². The Morgan fingerprint density at radius 1 is 0.679 bits per heavy atom. The normalized spacial score (nSPS) is 18.8. The van der Waals surface area contributed by atoms with E-state index in [1.54, 1.807) is 20.3 Å². The average molecular weight is 809 g/mol. The largest absolute Gasteiger partial charge is 0.497 e. The van der Waals surface area contributed by atoms with Crippen LogP contribution >= 0.6 is 0 Å². The van der Waals surface area contributed by atoms with Crippen molar-refractivity contribution in [3.63, 3.8) is 0 Å². The van der Waals surface area contributed by atoms with E-state index in [0.29, 0.717) is 12.1 Å². The maximum absolute atomic E-state index is 14.1. The van der Waals surface area contributed by atoms with E-state index in [4.69, 9.17) is 19.7 Å². The molecule has 2 aromatic heterocycles. The first-order chi connectivity index (χ1) is 26.9. The van der Waals surface area contributed by atoms with E-state index >= 15 is 0 Å². The molecule has 0 bridgehead atoms. The fourth-order valence-corrected chi connectivity index (χ4v) is 9.45. The molecule has 14 nitrogen and oxygen atoms in total. The number of methoxy groups -OCH3 is 2. The first kappa shape index (κ1) is 40.4. The Bertz CT molecular complexity index is 2110. The van der Waals surface area contributed by atoms with Crippen LogP contribution in [0.3, 0.4) is 0 Å². The van der Waals surface area contributed by atoms with Crippen LogP contribution in [-0.2, 0) is 33.1 Å². The molecule has 304 valence electrons. The number of hydrogen-bond donors (Lipinski definition) is 1. The van der Waals surface area contributed by atoms with Crippen molar-refractivity contribution in [3.05, 3.63) is 83.2 Å². The number of benzene rings is 2. The SMILES string of the molecule is CCC(c1cc(S(=O)(=O)N(Cc2ccc(OC)cc2)Cc2ccc(OC)cc2)nn1C1CC1)N1CCC1.CCC(c1cc(S(N)(=O)=O)nn1C1CC1)N1CCC1. The Labute approximate surface area is 331 Å². The number of primary sulfonamides is 1. The highest BCUT2D eigenvalue weighted by molar-refractivity contribution is 7.89. The van der Waals surface area contributed by atoms with Gasteiger partial charge in [0.05, 0.1) is 49.8 Å². The molecular formula is C40H56N8O6S2. The second-order valence-corrected chi connectivity index (χ2v) is 18.7. The number of nitrogens with two attached hydrogens (primary N) is 1. The average Bonchev–Trinajstić information content (AvgIpc) is 4.09. The number of likely N-dealkylation sites (tertiary alicyclic amines) is 2. The van der Waals surface area contributed by atoms with E-state index in [9.17, 15) is 16.8 Å². The zero-order chi connectivity index (χ0) is 39.6. The van der Waals surface area contributed by atoms with Gasteiger partial charge in [-0.2, -0.15) is 14.5 Å². The molecule has 2 saturated heterocycles. The molecule has 2 atom stereocenters. The second kappa shape index (κ2) is 17.0. The van der Waals surface area contributed by atoms with Crippen LogP contribution < -0.4 is 14.6 Å². The third-order valence-electron chi connectivity index (χ3n) is 11.3. The third-order valence-corrected chi connectivity index (χ3v) is 13.8. The van der Waals surface area contributed by atoms with Crippen LogP contribution in [0.25, 0.3) is 0 Å². The van der Waals surface area contributed by atoms with Gasteiger partial charge in [0.1, 0.15) is 11.5 Å². The molecule has 2 aromatic carbocycles. The van der Waals surface area contributed by atoms with Crippen molar-refractivity contribution >= 4 is 20.0 Å². The lowest BCUT2D eigenvalue weighted by molar-refractivity contribution is 0.108. The van der Waals surface area contributed by atoms with Gasteiger partial charge < -0.3 is 9.47 Å². The first-order valence-electron chi connectivity index (χ1n) is 19.9. The number of hydrogen-bond acceptors (Lipinski definition) is 10. The van der Waals surface area contributed by atoms with Gasteiger partial charge in [-0.1, -0.05) is 38.1 Å². The predicted molar refractivity (Wildman–Crippen MR) is 213 cm³/mol. The smallest absolute Gasteiger partial charge is 0.263 e. The second-order valence-electron chi connectivity index (χ2n) is 15.3. The summed E-state index contributed by atoms with van der Waals surface area (Å²) in [7, 11) is -4.35. The molecule has 4 heterocycles. The molecule has 4 aromatic rings. The lowest BCUT2D eigenvalue weighted by atomic mass is 10.0. The van der Waals surface area contributed by atoms with Crippen molar-refractivity contribution < 1.29 is 26.3 Å². The van der Waals surface area contributed by atoms with Gasteiger partial charge in [-0.25, -0.2) is 22.0 Å². The van der Waals surface area contributed by atoms with Gasteiger partial charge in [-0.15, -0.1) is 0 Å². The van der Waals surface area contributed by atoms with Crippen LogP contribution in [0.1, 0.15) is 112 Å². The fourth-order valence-electron chi connectivity index (χ4n) is 7.60. The summed E-state index contributed by atoms with van der Waals surface area (Å²) in [4.78, 5) is 4.81. The van der Waals surface area contributed by atoms with Crippen molar-refractivity contribution in [2.45, 2.75) is 113 Å². The highest BCUT2D eigenvalue weighted by atomic mass is 32.2.